The Kier molecular flexibility index (Phi) is 7.45. The van der Waals surface area contributed by atoms with Crippen LogP contribution in [0.15, 0.2) is 54.6 Å². The number of amides is 1. The summed E-state index contributed by atoms with van der Waals surface area (Å²) in [5.74, 6) is -0.545. The summed E-state index contributed by atoms with van der Waals surface area (Å²) in [4.78, 5) is 24.7. The Balaban J connectivity index is 1.40. The van der Waals surface area contributed by atoms with E-state index in [1.807, 2.05) is 18.0 Å². The van der Waals surface area contributed by atoms with Crippen LogP contribution in [0.1, 0.15) is 18.5 Å². The van der Waals surface area contributed by atoms with Gasteiger partial charge in [0.25, 0.3) is 5.69 Å². The second-order valence-electron chi connectivity index (χ2n) is 7.26. The van der Waals surface area contributed by atoms with Gasteiger partial charge in [-0.25, -0.2) is 4.39 Å². The van der Waals surface area contributed by atoms with E-state index < -0.39 is 4.92 Å². The van der Waals surface area contributed by atoms with E-state index in [1.165, 1.54) is 24.3 Å². The summed E-state index contributed by atoms with van der Waals surface area (Å²) in [5.41, 5.74) is 2.70. The van der Waals surface area contributed by atoms with Crippen molar-refractivity contribution in [3.05, 3.63) is 76.2 Å². The van der Waals surface area contributed by atoms with Crippen LogP contribution in [0.3, 0.4) is 0 Å². The number of hydrogen-bond donors (Lipinski definition) is 2. The first-order valence-electron chi connectivity index (χ1n) is 9.94. The van der Waals surface area contributed by atoms with Crippen molar-refractivity contribution in [1.29, 1.82) is 0 Å². The minimum absolute atomic E-state index is 0.122. The third-order valence-electron chi connectivity index (χ3n) is 4.85. The highest BCUT2D eigenvalue weighted by Crippen LogP contribution is 2.23. The predicted molar refractivity (Wildman–Crippen MR) is 116 cm³/mol. The Morgan fingerprint density at radius 3 is 2.68 bits per heavy atom. The number of anilines is 1. The predicted octanol–water partition coefficient (Wildman–Crippen LogP) is 4.02. The number of nitro benzene ring substituents is 1. The van der Waals surface area contributed by atoms with E-state index >= 15 is 0 Å². The lowest BCUT2D eigenvalue weighted by molar-refractivity contribution is -0.383. The molecule has 0 aliphatic rings. The van der Waals surface area contributed by atoms with Gasteiger partial charge in [-0.1, -0.05) is 12.1 Å². The van der Waals surface area contributed by atoms with E-state index in [2.05, 4.69) is 15.5 Å². The fraction of sp³-hybridized carbons (Fsp3) is 0.273. The number of aryl methyl sites for hydroxylation is 1. The van der Waals surface area contributed by atoms with Crippen LogP contribution in [0.2, 0.25) is 0 Å². The topological polar surface area (TPSA) is 104 Å². The summed E-state index contributed by atoms with van der Waals surface area (Å²) in [6.07, 6.45) is 1.90. The number of nitro groups is 1. The molecule has 9 heteroatoms. The first-order chi connectivity index (χ1) is 14.9. The molecular weight excluding hydrogens is 401 g/mol. The molecule has 8 nitrogen and oxygen atoms in total. The quantitative estimate of drug-likeness (QED) is 0.377. The third kappa shape index (κ3) is 6.45. The first-order valence-corrected chi connectivity index (χ1v) is 9.94. The van der Waals surface area contributed by atoms with Gasteiger partial charge in [0.05, 0.1) is 10.6 Å². The van der Waals surface area contributed by atoms with Gasteiger partial charge in [-0.3, -0.25) is 20.0 Å². The molecule has 162 valence electrons. The molecule has 0 saturated heterocycles. The first kappa shape index (κ1) is 22.1. The Hall–Kier alpha value is -3.59. The summed E-state index contributed by atoms with van der Waals surface area (Å²) in [7, 11) is 1.93. The maximum atomic E-state index is 13.0. The van der Waals surface area contributed by atoms with Crippen molar-refractivity contribution in [3.8, 4) is 11.3 Å². The number of carbonyl (C=O) groups is 1. The van der Waals surface area contributed by atoms with E-state index in [0.29, 0.717) is 6.54 Å². The fourth-order valence-electron chi connectivity index (χ4n) is 3.15. The molecular formula is C22H24FN5O3. The van der Waals surface area contributed by atoms with Gasteiger partial charge < -0.3 is 10.2 Å². The van der Waals surface area contributed by atoms with Gasteiger partial charge in [-0.15, -0.1) is 0 Å². The summed E-state index contributed by atoms with van der Waals surface area (Å²) >= 11 is 0. The van der Waals surface area contributed by atoms with Crippen LogP contribution in [0, 0.1) is 15.9 Å². The van der Waals surface area contributed by atoms with E-state index in [1.54, 1.807) is 24.3 Å². The van der Waals surface area contributed by atoms with Gasteiger partial charge >= 0.3 is 0 Å². The second kappa shape index (κ2) is 10.4. The van der Waals surface area contributed by atoms with Gasteiger partial charge in [0.15, 0.2) is 0 Å². The number of para-hydroxylation sites is 2. The number of carbonyl (C=O) groups excluding carboxylic acids is 1. The molecule has 31 heavy (non-hydrogen) atoms. The zero-order valence-electron chi connectivity index (χ0n) is 17.2. The van der Waals surface area contributed by atoms with Crippen LogP contribution < -0.4 is 5.32 Å². The van der Waals surface area contributed by atoms with Crippen molar-refractivity contribution in [2.45, 2.75) is 19.3 Å². The van der Waals surface area contributed by atoms with Crippen molar-refractivity contribution in [3.63, 3.8) is 0 Å². The molecule has 0 bridgehead atoms. The highest BCUT2D eigenvalue weighted by atomic mass is 19.1. The third-order valence-corrected chi connectivity index (χ3v) is 4.85. The summed E-state index contributed by atoms with van der Waals surface area (Å²) in [5, 5.41) is 20.9. The number of rotatable bonds is 10. The number of H-pyrrole nitrogens is 1. The minimum atomic E-state index is -0.515. The van der Waals surface area contributed by atoms with E-state index in [4.69, 9.17) is 0 Å². The van der Waals surface area contributed by atoms with Crippen molar-refractivity contribution in [1.82, 2.24) is 15.1 Å². The molecule has 0 radical (unpaired) electrons. The largest absolute Gasteiger partial charge is 0.320 e. The lowest BCUT2D eigenvalue weighted by atomic mass is 10.1. The number of hydrogen-bond acceptors (Lipinski definition) is 5. The molecule has 0 aliphatic carbocycles. The Bertz CT molecular complexity index is 1040. The zero-order chi connectivity index (χ0) is 22.2. The number of halogens is 1. The summed E-state index contributed by atoms with van der Waals surface area (Å²) in [6.45, 7) is 1.32. The molecule has 0 unspecified atom stereocenters. The molecule has 1 amide bonds. The Morgan fingerprint density at radius 1 is 1.19 bits per heavy atom. The van der Waals surface area contributed by atoms with Gasteiger partial charge in [-0.2, -0.15) is 5.10 Å². The monoisotopic (exact) mass is 425 g/mol. The number of aromatic nitrogens is 2. The molecule has 3 rings (SSSR count). The van der Waals surface area contributed by atoms with Crippen molar-refractivity contribution in [2.75, 3.05) is 25.5 Å². The van der Waals surface area contributed by atoms with Gasteiger partial charge in [0, 0.05) is 30.3 Å². The van der Waals surface area contributed by atoms with Crippen LogP contribution in [-0.4, -0.2) is 46.1 Å². The average molecular weight is 425 g/mol. The van der Waals surface area contributed by atoms with Crippen molar-refractivity contribution >= 4 is 17.3 Å². The standard InChI is InChI=1S/C22H24FN5O3/c1-27(14-12-22(29)24-19-6-2-3-7-21(19)28(30)31)13-4-5-18-15-20(26-25-18)16-8-10-17(23)11-9-16/h2-3,6-11,15H,4-5,12-14H2,1H3,(H,24,29)(H,25,26). The lowest BCUT2D eigenvalue weighted by Gasteiger charge is -2.16. The maximum Gasteiger partial charge on any atom is 0.292 e. The van der Waals surface area contributed by atoms with Crippen molar-refractivity contribution < 1.29 is 14.1 Å². The average Bonchev–Trinajstić information content (AvgIpc) is 3.22. The lowest BCUT2D eigenvalue weighted by Crippen LogP contribution is -2.25. The molecule has 0 spiro atoms. The Labute approximate surface area is 179 Å². The van der Waals surface area contributed by atoms with E-state index in [-0.39, 0.29) is 29.5 Å². The van der Waals surface area contributed by atoms with Crippen LogP contribution in [-0.2, 0) is 11.2 Å². The molecule has 0 saturated carbocycles. The fourth-order valence-corrected chi connectivity index (χ4v) is 3.15. The molecule has 0 aliphatic heterocycles. The number of benzene rings is 2. The SMILES string of the molecule is CN(CCCc1cc(-c2ccc(F)cc2)n[nH]1)CCC(=O)Nc1ccccc1[N+](=O)[O-]. The van der Waals surface area contributed by atoms with Crippen LogP contribution in [0.4, 0.5) is 15.8 Å². The van der Waals surface area contributed by atoms with Crippen LogP contribution in [0.25, 0.3) is 11.3 Å². The minimum Gasteiger partial charge on any atom is -0.320 e. The van der Waals surface area contributed by atoms with E-state index in [9.17, 15) is 19.3 Å². The summed E-state index contributed by atoms with van der Waals surface area (Å²) < 4.78 is 13.0. The van der Waals surface area contributed by atoms with Crippen molar-refractivity contribution in [2.24, 2.45) is 0 Å². The normalized spacial score (nSPS) is 10.9. The van der Waals surface area contributed by atoms with Crippen LogP contribution in [0.5, 0.6) is 0 Å². The Morgan fingerprint density at radius 2 is 1.94 bits per heavy atom. The highest BCUT2D eigenvalue weighted by molar-refractivity contribution is 5.93. The van der Waals surface area contributed by atoms with Gasteiger partial charge in [-0.05, 0) is 62.8 Å². The molecule has 0 atom stereocenters. The smallest absolute Gasteiger partial charge is 0.292 e. The number of nitrogens with zero attached hydrogens (tertiary/aromatic N) is 3. The summed E-state index contributed by atoms with van der Waals surface area (Å²) in [6, 6.07) is 14.2. The van der Waals surface area contributed by atoms with Gasteiger partial charge in [0.1, 0.15) is 11.5 Å². The van der Waals surface area contributed by atoms with Crippen LogP contribution >= 0.6 is 0 Å². The molecule has 0 fully saturated rings. The van der Waals surface area contributed by atoms with Gasteiger partial charge in [0.2, 0.25) is 5.91 Å². The second-order valence-corrected chi connectivity index (χ2v) is 7.26. The molecule has 1 aromatic heterocycles. The molecule has 2 aromatic carbocycles. The number of nitrogens with one attached hydrogen (secondary N) is 2. The molecule has 3 aromatic rings. The number of aromatic amines is 1. The molecule has 1 heterocycles. The highest BCUT2D eigenvalue weighted by Gasteiger charge is 2.15. The molecule has 2 N–H and O–H groups in total. The van der Waals surface area contributed by atoms with E-state index in [0.717, 1.165) is 36.3 Å². The zero-order valence-corrected chi connectivity index (χ0v) is 17.2. The maximum absolute atomic E-state index is 13.0.